The fourth-order valence-corrected chi connectivity index (χ4v) is 2.45. The molecule has 0 atom stereocenters. The summed E-state index contributed by atoms with van der Waals surface area (Å²) in [6.45, 7) is 0. The van der Waals surface area contributed by atoms with Crippen LogP contribution in [0, 0.1) is 0 Å². The predicted molar refractivity (Wildman–Crippen MR) is 109 cm³/mol. The summed E-state index contributed by atoms with van der Waals surface area (Å²) < 4.78 is 10.7. The zero-order valence-electron chi connectivity index (χ0n) is 15.3. The Kier molecular flexibility index (Phi) is 6.55. The van der Waals surface area contributed by atoms with Crippen LogP contribution in [0.25, 0.3) is 0 Å². The molecular formula is C21H16ClN3O4. The molecule has 1 aromatic heterocycles. The van der Waals surface area contributed by atoms with Gasteiger partial charge in [-0.05, 0) is 60.2 Å². The van der Waals surface area contributed by atoms with Gasteiger partial charge in [0.05, 0.1) is 18.9 Å². The number of hydrogen-bond acceptors (Lipinski definition) is 6. The van der Waals surface area contributed by atoms with E-state index in [9.17, 15) is 9.59 Å². The molecule has 1 amide bonds. The molecule has 2 aromatic carbocycles. The van der Waals surface area contributed by atoms with E-state index in [1.807, 2.05) is 0 Å². The lowest BCUT2D eigenvalue weighted by molar-refractivity contribution is 0.0729. The van der Waals surface area contributed by atoms with Gasteiger partial charge in [-0.1, -0.05) is 11.6 Å². The van der Waals surface area contributed by atoms with E-state index < -0.39 is 5.97 Å². The van der Waals surface area contributed by atoms with Crippen molar-refractivity contribution >= 4 is 29.7 Å². The van der Waals surface area contributed by atoms with Gasteiger partial charge in [-0.3, -0.25) is 9.78 Å². The third kappa shape index (κ3) is 5.40. The molecule has 0 spiro atoms. The zero-order valence-corrected chi connectivity index (χ0v) is 16.1. The molecule has 0 aliphatic rings. The number of nitrogens with zero attached hydrogens (tertiary/aromatic N) is 2. The number of carbonyl (C=O) groups is 2. The van der Waals surface area contributed by atoms with Gasteiger partial charge in [0.2, 0.25) is 0 Å². The van der Waals surface area contributed by atoms with Gasteiger partial charge in [0, 0.05) is 23.0 Å². The van der Waals surface area contributed by atoms with E-state index in [0.717, 1.165) is 0 Å². The maximum atomic E-state index is 12.3. The van der Waals surface area contributed by atoms with Gasteiger partial charge in [0.25, 0.3) is 5.91 Å². The molecule has 0 bridgehead atoms. The second-order valence-electron chi connectivity index (χ2n) is 5.74. The molecule has 0 saturated carbocycles. The van der Waals surface area contributed by atoms with Crippen molar-refractivity contribution in [1.29, 1.82) is 0 Å². The van der Waals surface area contributed by atoms with E-state index in [1.54, 1.807) is 54.6 Å². The van der Waals surface area contributed by atoms with Gasteiger partial charge in [-0.2, -0.15) is 5.10 Å². The molecule has 3 aromatic rings. The minimum absolute atomic E-state index is 0.255. The number of ether oxygens (including phenoxy) is 2. The molecule has 1 heterocycles. The van der Waals surface area contributed by atoms with Crippen molar-refractivity contribution in [1.82, 2.24) is 10.4 Å². The van der Waals surface area contributed by atoms with Crippen LogP contribution in [-0.2, 0) is 0 Å². The second-order valence-corrected chi connectivity index (χ2v) is 6.18. The van der Waals surface area contributed by atoms with Crippen LogP contribution in [-0.4, -0.2) is 30.2 Å². The minimum atomic E-state index is -0.536. The van der Waals surface area contributed by atoms with Crippen molar-refractivity contribution in [2.75, 3.05) is 7.11 Å². The summed E-state index contributed by atoms with van der Waals surface area (Å²) in [6.07, 6.45) is 4.49. The van der Waals surface area contributed by atoms with E-state index in [1.165, 1.54) is 25.7 Å². The third-order valence-electron chi connectivity index (χ3n) is 3.79. The van der Waals surface area contributed by atoms with Crippen LogP contribution >= 0.6 is 11.6 Å². The molecule has 146 valence electrons. The summed E-state index contributed by atoms with van der Waals surface area (Å²) in [5.41, 5.74) is 3.87. The first kappa shape index (κ1) is 20.0. The molecular weight excluding hydrogens is 394 g/mol. The minimum Gasteiger partial charge on any atom is -0.493 e. The Labute approximate surface area is 171 Å². The first-order valence-corrected chi connectivity index (χ1v) is 8.84. The lowest BCUT2D eigenvalue weighted by atomic mass is 10.2. The number of nitrogens with one attached hydrogen (secondary N) is 1. The molecule has 8 heteroatoms. The molecule has 0 unspecified atom stereocenters. The van der Waals surface area contributed by atoms with Crippen LogP contribution < -0.4 is 14.9 Å². The Balaban J connectivity index is 1.67. The zero-order chi connectivity index (χ0) is 20.6. The van der Waals surface area contributed by atoms with Gasteiger partial charge in [0.15, 0.2) is 11.5 Å². The normalized spacial score (nSPS) is 10.6. The smallest absolute Gasteiger partial charge is 0.343 e. The van der Waals surface area contributed by atoms with E-state index >= 15 is 0 Å². The summed E-state index contributed by atoms with van der Waals surface area (Å²) in [5.74, 6) is -0.294. The summed E-state index contributed by atoms with van der Waals surface area (Å²) in [7, 11) is 1.46. The molecule has 0 aliphatic carbocycles. The number of rotatable bonds is 6. The van der Waals surface area contributed by atoms with Gasteiger partial charge in [-0.25, -0.2) is 10.2 Å². The maximum absolute atomic E-state index is 12.3. The van der Waals surface area contributed by atoms with Crippen molar-refractivity contribution in [2.24, 2.45) is 5.10 Å². The van der Waals surface area contributed by atoms with Crippen LogP contribution in [0.15, 0.2) is 72.1 Å². The van der Waals surface area contributed by atoms with Gasteiger partial charge < -0.3 is 9.47 Å². The average molecular weight is 410 g/mol. The molecule has 1 N–H and O–H groups in total. The molecule has 0 fully saturated rings. The topological polar surface area (TPSA) is 89.9 Å². The van der Waals surface area contributed by atoms with Gasteiger partial charge in [0.1, 0.15) is 0 Å². The molecule has 3 rings (SSSR count). The Morgan fingerprint density at radius 2 is 1.72 bits per heavy atom. The molecule has 0 radical (unpaired) electrons. The van der Waals surface area contributed by atoms with Crippen LogP contribution in [0.5, 0.6) is 11.5 Å². The summed E-state index contributed by atoms with van der Waals surface area (Å²) >= 11 is 5.82. The summed E-state index contributed by atoms with van der Waals surface area (Å²) in [5, 5.41) is 4.45. The number of esters is 1. The Bertz CT molecular complexity index is 1040. The van der Waals surface area contributed by atoms with Crippen molar-refractivity contribution in [3.05, 3.63) is 88.7 Å². The standard InChI is InChI=1S/C21H16ClN3O4/c1-28-19-12-14(13-24-25-20(26)15-8-10-23-11-9-15)2-7-18(19)29-21(27)16-3-5-17(22)6-4-16/h2-13H,1H3,(H,25,26)/b24-13-. The quantitative estimate of drug-likeness (QED) is 0.290. The third-order valence-corrected chi connectivity index (χ3v) is 4.04. The lowest BCUT2D eigenvalue weighted by Gasteiger charge is -2.10. The maximum Gasteiger partial charge on any atom is 0.343 e. The summed E-state index contributed by atoms with van der Waals surface area (Å²) in [4.78, 5) is 28.1. The number of halogens is 1. The first-order chi connectivity index (χ1) is 14.1. The number of methoxy groups -OCH3 is 1. The highest BCUT2D eigenvalue weighted by atomic mass is 35.5. The Morgan fingerprint density at radius 3 is 2.41 bits per heavy atom. The van der Waals surface area contributed by atoms with Crippen LogP contribution in [0.1, 0.15) is 26.3 Å². The molecule has 0 saturated heterocycles. The number of pyridine rings is 1. The van der Waals surface area contributed by atoms with E-state index in [2.05, 4.69) is 15.5 Å². The first-order valence-electron chi connectivity index (χ1n) is 8.46. The fourth-order valence-electron chi connectivity index (χ4n) is 2.33. The van der Waals surface area contributed by atoms with E-state index in [0.29, 0.717) is 27.5 Å². The highest BCUT2D eigenvalue weighted by molar-refractivity contribution is 6.30. The monoisotopic (exact) mass is 409 g/mol. The highest BCUT2D eigenvalue weighted by Crippen LogP contribution is 2.28. The average Bonchev–Trinajstić information content (AvgIpc) is 2.75. The lowest BCUT2D eigenvalue weighted by Crippen LogP contribution is -2.17. The second kappa shape index (κ2) is 9.48. The van der Waals surface area contributed by atoms with Crippen molar-refractivity contribution in [2.45, 2.75) is 0 Å². The van der Waals surface area contributed by atoms with E-state index in [-0.39, 0.29) is 11.7 Å². The fraction of sp³-hybridized carbons (Fsp3) is 0.0476. The summed E-state index contributed by atoms with van der Waals surface area (Å²) in [6, 6.07) is 14.4. The number of aromatic nitrogens is 1. The number of hydrazone groups is 1. The highest BCUT2D eigenvalue weighted by Gasteiger charge is 2.13. The molecule has 29 heavy (non-hydrogen) atoms. The van der Waals surface area contributed by atoms with Crippen LogP contribution in [0.3, 0.4) is 0 Å². The van der Waals surface area contributed by atoms with Crippen LogP contribution in [0.2, 0.25) is 5.02 Å². The largest absolute Gasteiger partial charge is 0.493 e. The number of benzene rings is 2. The van der Waals surface area contributed by atoms with Gasteiger partial charge >= 0.3 is 5.97 Å². The Morgan fingerprint density at radius 1 is 1.00 bits per heavy atom. The number of amides is 1. The number of carbonyl (C=O) groups excluding carboxylic acids is 2. The SMILES string of the molecule is COc1cc(/C=N\NC(=O)c2ccncc2)ccc1OC(=O)c1ccc(Cl)cc1. The van der Waals surface area contributed by atoms with Crippen LogP contribution in [0.4, 0.5) is 0 Å². The molecule has 7 nitrogen and oxygen atoms in total. The van der Waals surface area contributed by atoms with E-state index in [4.69, 9.17) is 21.1 Å². The van der Waals surface area contributed by atoms with Gasteiger partial charge in [-0.15, -0.1) is 0 Å². The molecule has 0 aliphatic heterocycles. The van der Waals surface area contributed by atoms with Crippen molar-refractivity contribution < 1.29 is 19.1 Å². The number of hydrogen-bond donors (Lipinski definition) is 1. The Hall–Kier alpha value is -3.71. The van der Waals surface area contributed by atoms with Crippen molar-refractivity contribution in [3.8, 4) is 11.5 Å². The predicted octanol–water partition coefficient (Wildman–Crippen LogP) is 3.73. The van der Waals surface area contributed by atoms with Crippen molar-refractivity contribution in [3.63, 3.8) is 0 Å².